The predicted octanol–water partition coefficient (Wildman–Crippen LogP) is 2.89. The Balaban J connectivity index is 2.56. The lowest BCUT2D eigenvalue weighted by molar-refractivity contribution is -0.143. The van der Waals surface area contributed by atoms with E-state index in [1.54, 1.807) is 24.0 Å². The molecule has 0 heterocycles. The molecule has 0 spiro atoms. The number of amides is 1. The highest BCUT2D eigenvalue weighted by Gasteiger charge is 2.12. The van der Waals surface area contributed by atoms with Crippen LogP contribution >= 0.6 is 0 Å². The molecule has 0 saturated heterocycles. The Morgan fingerprint density at radius 1 is 1.14 bits per heavy atom. The summed E-state index contributed by atoms with van der Waals surface area (Å²) < 4.78 is 4.88. The van der Waals surface area contributed by atoms with Gasteiger partial charge in [-0.1, -0.05) is 37.3 Å². The Labute approximate surface area is 126 Å². The van der Waals surface area contributed by atoms with E-state index < -0.39 is 0 Å². The molecule has 0 radical (unpaired) electrons. The Kier molecular flexibility index (Phi) is 7.87. The van der Waals surface area contributed by atoms with Crippen LogP contribution in [0.15, 0.2) is 36.4 Å². The van der Waals surface area contributed by atoms with Crippen LogP contribution in [-0.2, 0) is 14.3 Å². The van der Waals surface area contributed by atoms with Gasteiger partial charge in [0.15, 0.2) is 0 Å². The fraction of sp³-hybridized carbons (Fsp3) is 0.412. The molecule has 0 aliphatic heterocycles. The van der Waals surface area contributed by atoms with E-state index in [9.17, 15) is 9.59 Å². The first-order chi connectivity index (χ1) is 10.2. The van der Waals surface area contributed by atoms with Crippen molar-refractivity contribution in [2.24, 2.45) is 0 Å². The van der Waals surface area contributed by atoms with Crippen LogP contribution in [-0.4, -0.2) is 36.5 Å². The molecule has 21 heavy (non-hydrogen) atoms. The fourth-order valence-corrected chi connectivity index (χ4v) is 1.90. The van der Waals surface area contributed by atoms with Crippen molar-refractivity contribution in [1.82, 2.24) is 4.90 Å². The monoisotopic (exact) mass is 289 g/mol. The van der Waals surface area contributed by atoms with Gasteiger partial charge in [-0.3, -0.25) is 9.59 Å². The Morgan fingerprint density at radius 3 is 2.48 bits per heavy atom. The highest BCUT2D eigenvalue weighted by Crippen LogP contribution is 2.04. The number of hydrogen-bond acceptors (Lipinski definition) is 3. The normalized spacial score (nSPS) is 10.6. The van der Waals surface area contributed by atoms with Crippen molar-refractivity contribution >= 4 is 18.0 Å². The van der Waals surface area contributed by atoms with Crippen LogP contribution in [0.5, 0.6) is 0 Å². The van der Waals surface area contributed by atoms with Crippen LogP contribution in [0.1, 0.15) is 32.3 Å². The maximum absolute atomic E-state index is 12.2. The summed E-state index contributed by atoms with van der Waals surface area (Å²) in [7, 11) is 0. The highest BCUT2D eigenvalue weighted by molar-refractivity contribution is 5.92. The molecule has 0 aromatic heterocycles. The number of hydrogen-bond donors (Lipinski definition) is 0. The van der Waals surface area contributed by atoms with Crippen molar-refractivity contribution < 1.29 is 14.3 Å². The number of benzene rings is 1. The van der Waals surface area contributed by atoms with Gasteiger partial charge >= 0.3 is 5.97 Å². The minimum absolute atomic E-state index is 0.0787. The lowest BCUT2D eigenvalue weighted by atomic mass is 10.2. The van der Waals surface area contributed by atoms with Crippen molar-refractivity contribution in [2.45, 2.75) is 26.7 Å². The number of nitrogens with zero attached hydrogens (tertiary/aromatic N) is 1. The zero-order valence-corrected chi connectivity index (χ0v) is 12.7. The van der Waals surface area contributed by atoms with E-state index in [0.29, 0.717) is 19.7 Å². The van der Waals surface area contributed by atoms with Crippen LogP contribution in [0.3, 0.4) is 0 Å². The fourth-order valence-electron chi connectivity index (χ4n) is 1.90. The zero-order chi connectivity index (χ0) is 15.5. The first-order valence-electron chi connectivity index (χ1n) is 7.35. The minimum atomic E-state index is -0.265. The molecule has 0 aliphatic carbocycles. The van der Waals surface area contributed by atoms with Crippen LogP contribution in [0, 0.1) is 0 Å². The number of esters is 1. The number of carbonyl (C=O) groups is 2. The van der Waals surface area contributed by atoms with Crippen LogP contribution in [0.2, 0.25) is 0 Å². The lowest BCUT2D eigenvalue weighted by Crippen LogP contribution is -2.32. The molecule has 1 rings (SSSR count). The molecule has 4 heteroatoms. The van der Waals surface area contributed by atoms with Gasteiger partial charge in [-0.25, -0.2) is 0 Å². The first kappa shape index (κ1) is 17.0. The maximum Gasteiger partial charge on any atom is 0.307 e. The SMILES string of the molecule is CCCN(CCC(=O)OCC)C(=O)/C=C/c1ccccc1. The van der Waals surface area contributed by atoms with Gasteiger partial charge in [0.2, 0.25) is 5.91 Å². The Morgan fingerprint density at radius 2 is 1.86 bits per heavy atom. The molecule has 1 aromatic rings. The average Bonchev–Trinajstić information content (AvgIpc) is 2.50. The van der Waals surface area contributed by atoms with E-state index in [-0.39, 0.29) is 18.3 Å². The summed E-state index contributed by atoms with van der Waals surface area (Å²) in [5.74, 6) is -0.344. The molecule has 0 N–H and O–H groups in total. The van der Waals surface area contributed by atoms with E-state index in [2.05, 4.69) is 0 Å². The van der Waals surface area contributed by atoms with Crippen LogP contribution in [0.4, 0.5) is 0 Å². The van der Waals surface area contributed by atoms with E-state index in [1.807, 2.05) is 37.3 Å². The van der Waals surface area contributed by atoms with Gasteiger partial charge in [-0.15, -0.1) is 0 Å². The first-order valence-corrected chi connectivity index (χ1v) is 7.35. The van der Waals surface area contributed by atoms with Gasteiger partial charge in [0.25, 0.3) is 0 Å². The molecular weight excluding hydrogens is 266 g/mol. The summed E-state index contributed by atoms with van der Waals surface area (Å²) >= 11 is 0. The summed E-state index contributed by atoms with van der Waals surface area (Å²) in [6, 6.07) is 9.66. The molecule has 1 amide bonds. The van der Waals surface area contributed by atoms with Gasteiger partial charge in [0.05, 0.1) is 13.0 Å². The third-order valence-electron chi connectivity index (χ3n) is 2.91. The number of rotatable bonds is 8. The second-order valence-corrected chi connectivity index (χ2v) is 4.62. The third kappa shape index (κ3) is 6.75. The van der Waals surface area contributed by atoms with Gasteiger partial charge in [0.1, 0.15) is 0 Å². The highest BCUT2D eigenvalue weighted by atomic mass is 16.5. The quantitative estimate of drug-likeness (QED) is 0.546. The Hall–Kier alpha value is -2.10. The van der Waals surface area contributed by atoms with Crippen LogP contribution < -0.4 is 0 Å². The molecule has 0 fully saturated rings. The van der Waals surface area contributed by atoms with E-state index in [0.717, 1.165) is 12.0 Å². The topological polar surface area (TPSA) is 46.6 Å². The lowest BCUT2D eigenvalue weighted by Gasteiger charge is -2.19. The molecular formula is C17H23NO3. The number of carbonyl (C=O) groups excluding carboxylic acids is 2. The summed E-state index contributed by atoms with van der Waals surface area (Å²) in [6.07, 6.45) is 4.43. The molecule has 114 valence electrons. The second kappa shape index (κ2) is 9.75. The predicted molar refractivity (Wildman–Crippen MR) is 83.6 cm³/mol. The summed E-state index contributed by atoms with van der Waals surface area (Å²) in [4.78, 5) is 25.2. The van der Waals surface area contributed by atoms with E-state index in [4.69, 9.17) is 4.74 Å². The zero-order valence-electron chi connectivity index (χ0n) is 12.7. The van der Waals surface area contributed by atoms with Crippen LogP contribution in [0.25, 0.3) is 6.08 Å². The van der Waals surface area contributed by atoms with E-state index >= 15 is 0 Å². The molecule has 0 saturated carbocycles. The van der Waals surface area contributed by atoms with E-state index in [1.165, 1.54) is 0 Å². The number of ether oxygens (including phenoxy) is 1. The van der Waals surface area contributed by atoms with Gasteiger partial charge < -0.3 is 9.64 Å². The molecule has 0 bridgehead atoms. The van der Waals surface area contributed by atoms with Crippen molar-refractivity contribution in [3.8, 4) is 0 Å². The van der Waals surface area contributed by atoms with Gasteiger partial charge in [-0.2, -0.15) is 0 Å². The van der Waals surface area contributed by atoms with Gasteiger partial charge in [-0.05, 0) is 25.0 Å². The molecule has 4 nitrogen and oxygen atoms in total. The summed E-state index contributed by atoms with van der Waals surface area (Å²) in [6.45, 7) is 5.18. The second-order valence-electron chi connectivity index (χ2n) is 4.62. The Bertz CT molecular complexity index is 468. The van der Waals surface area contributed by atoms with Crippen molar-refractivity contribution in [3.05, 3.63) is 42.0 Å². The summed E-state index contributed by atoms with van der Waals surface area (Å²) in [5, 5.41) is 0. The molecule has 0 atom stereocenters. The van der Waals surface area contributed by atoms with Crippen molar-refractivity contribution in [1.29, 1.82) is 0 Å². The summed E-state index contributed by atoms with van der Waals surface area (Å²) in [5.41, 5.74) is 0.979. The van der Waals surface area contributed by atoms with Gasteiger partial charge in [0, 0.05) is 19.2 Å². The molecule has 0 aliphatic rings. The van der Waals surface area contributed by atoms with Crippen molar-refractivity contribution in [2.75, 3.05) is 19.7 Å². The minimum Gasteiger partial charge on any atom is -0.466 e. The van der Waals surface area contributed by atoms with Crippen molar-refractivity contribution in [3.63, 3.8) is 0 Å². The standard InChI is InChI=1S/C17H23NO3/c1-3-13-18(14-12-17(20)21-4-2)16(19)11-10-15-8-6-5-7-9-15/h5-11H,3-4,12-14H2,1-2H3/b11-10+. The smallest absolute Gasteiger partial charge is 0.307 e. The molecule has 1 aromatic carbocycles. The largest absolute Gasteiger partial charge is 0.466 e. The maximum atomic E-state index is 12.2. The molecule has 0 unspecified atom stereocenters. The third-order valence-corrected chi connectivity index (χ3v) is 2.91. The average molecular weight is 289 g/mol.